The molecular formula is C21H25N5O5. The molecule has 31 heavy (non-hydrogen) atoms. The maximum absolute atomic E-state index is 12.1. The molecule has 0 aliphatic heterocycles. The molecular weight excluding hydrogens is 402 g/mol. The van der Waals surface area contributed by atoms with E-state index in [4.69, 9.17) is 5.11 Å². The van der Waals surface area contributed by atoms with Crippen LogP contribution in [-0.4, -0.2) is 70.0 Å². The van der Waals surface area contributed by atoms with Crippen LogP contribution in [0.5, 0.6) is 17.2 Å². The lowest BCUT2D eigenvalue weighted by atomic mass is 9.98. The lowest BCUT2D eigenvalue weighted by molar-refractivity contribution is 0.291. The van der Waals surface area contributed by atoms with Crippen molar-refractivity contribution >= 4 is 32.6 Å². The summed E-state index contributed by atoms with van der Waals surface area (Å²) in [5.41, 5.74) is 0.476. The zero-order valence-electron chi connectivity index (χ0n) is 17.1. The molecule has 7 N–H and O–H groups in total. The molecule has 0 saturated carbocycles. The van der Waals surface area contributed by atoms with Crippen molar-refractivity contribution < 1.29 is 20.4 Å². The third-order valence-electron chi connectivity index (χ3n) is 5.36. The van der Waals surface area contributed by atoms with Crippen molar-refractivity contribution in [2.75, 3.05) is 39.8 Å². The van der Waals surface area contributed by atoms with E-state index in [0.29, 0.717) is 54.4 Å². The highest BCUT2D eigenvalue weighted by Gasteiger charge is 2.23. The average molecular weight is 427 g/mol. The Morgan fingerprint density at radius 3 is 2.58 bits per heavy atom. The van der Waals surface area contributed by atoms with Gasteiger partial charge in [-0.1, -0.05) is 0 Å². The first kappa shape index (κ1) is 20.9. The number of phenolic OH excluding ortho intramolecular Hbond substituents is 3. The van der Waals surface area contributed by atoms with E-state index in [-0.39, 0.29) is 28.9 Å². The number of rotatable bonds is 8. The van der Waals surface area contributed by atoms with E-state index in [1.54, 1.807) is 6.07 Å². The van der Waals surface area contributed by atoms with Crippen LogP contribution in [0.4, 0.5) is 0 Å². The van der Waals surface area contributed by atoms with Crippen LogP contribution in [0, 0.1) is 0 Å². The summed E-state index contributed by atoms with van der Waals surface area (Å²) < 4.78 is 1.85. The molecule has 0 atom stereocenters. The minimum Gasteiger partial charge on any atom is -0.507 e. The van der Waals surface area contributed by atoms with Crippen molar-refractivity contribution in [3.05, 3.63) is 33.8 Å². The van der Waals surface area contributed by atoms with Gasteiger partial charge in [0.15, 0.2) is 5.75 Å². The van der Waals surface area contributed by atoms with Gasteiger partial charge in [-0.3, -0.25) is 19.6 Å². The fraction of sp³-hybridized carbons (Fsp3) is 0.333. The summed E-state index contributed by atoms with van der Waals surface area (Å²) in [6.07, 6.45) is 0. The highest BCUT2D eigenvalue weighted by Crippen LogP contribution is 2.44. The first-order valence-corrected chi connectivity index (χ1v) is 10.0. The number of H-pyrrole nitrogens is 1. The summed E-state index contributed by atoms with van der Waals surface area (Å²) in [7, 11) is 1.82. The van der Waals surface area contributed by atoms with Crippen LogP contribution in [0.15, 0.2) is 28.0 Å². The van der Waals surface area contributed by atoms with E-state index < -0.39 is 11.2 Å². The van der Waals surface area contributed by atoms with Crippen molar-refractivity contribution in [2.24, 2.45) is 4.99 Å². The number of aromatic hydroxyl groups is 3. The van der Waals surface area contributed by atoms with Crippen molar-refractivity contribution in [3.8, 4) is 17.2 Å². The van der Waals surface area contributed by atoms with Gasteiger partial charge in [0, 0.05) is 31.1 Å². The number of hydrogen-bond acceptors (Lipinski definition) is 8. The summed E-state index contributed by atoms with van der Waals surface area (Å²) in [4.78, 5) is 16.7. The fourth-order valence-corrected chi connectivity index (χ4v) is 3.96. The van der Waals surface area contributed by atoms with Crippen LogP contribution in [0.3, 0.4) is 0 Å². The third-order valence-corrected chi connectivity index (χ3v) is 5.36. The summed E-state index contributed by atoms with van der Waals surface area (Å²) in [5, 5.41) is 52.0. The molecule has 0 spiro atoms. The molecule has 0 radical (unpaired) electrons. The number of aromatic nitrogens is 2. The van der Waals surface area contributed by atoms with Gasteiger partial charge in [0.25, 0.3) is 0 Å². The first-order chi connectivity index (χ1) is 15.0. The monoisotopic (exact) mass is 427 g/mol. The van der Waals surface area contributed by atoms with Gasteiger partial charge in [-0.25, -0.2) is 0 Å². The van der Waals surface area contributed by atoms with Crippen molar-refractivity contribution in [1.29, 1.82) is 0 Å². The molecule has 0 bridgehead atoms. The topological polar surface area (TPSA) is 155 Å². The van der Waals surface area contributed by atoms with Crippen molar-refractivity contribution in [3.63, 3.8) is 0 Å². The minimum absolute atomic E-state index is 0.0317. The molecule has 0 aliphatic carbocycles. The van der Waals surface area contributed by atoms with Gasteiger partial charge in [0.05, 0.1) is 52.2 Å². The number of hydrogen-bond donors (Lipinski definition) is 7. The normalized spacial score (nSPS) is 12.6. The summed E-state index contributed by atoms with van der Waals surface area (Å²) in [5.74, 6) is -1.26. The number of fused-ring (bicyclic) bond motifs is 2. The van der Waals surface area contributed by atoms with Gasteiger partial charge < -0.3 is 31.1 Å². The number of likely N-dealkylation sites (N-methyl/N-ethyl adjacent to an activating group) is 1. The molecule has 0 saturated heterocycles. The summed E-state index contributed by atoms with van der Waals surface area (Å²) in [6, 6.07) is 4.59. The number of aliphatic hydroxyl groups is 1. The maximum atomic E-state index is 12.1. The van der Waals surface area contributed by atoms with Crippen molar-refractivity contribution in [1.82, 2.24) is 20.4 Å². The van der Waals surface area contributed by atoms with Gasteiger partial charge in [0.2, 0.25) is 5.43 Å². The van der Waals surface area contributed by atoms with E-state index in [2.05, 4.69) is 20.7 Å². The molecule has 10 heteroatoms. The van der Waals surface area contributed by atoms with Crippen LogP contribution < -0.4 is 21.4 Å². The molecule has 1 heterocycles. The molecule has 4 rings (SSSR count). The molecule has 3 aromatic carbocycles. The summed E-state index contributed by atoms with van der Waals surface area (Å²) in [6.45, 7) is 2.70. The van der Waals surface area contributed by atoms with Crippen LogP contribution in [0.25, 0.3) is 32.6 Å². The number of phenols is 3. The highest BCUT2D eigenvalue weighted by molar-refractivity contribution is 6.25. The zero-order chi connectivity index (χ0) is 22.1. The average Bonchev–Trinajstić information content (AvgIpc) is 3.11. The Hall–Kier alpha value is -3.34. The van der Waals surface area contributed by atoms with E-state index in [0.717, 1.165) is 11.6 Å². The van der Waals surface area contributed by atoms with Crippen LogP contribution >= 0.6 is 0 Å². The fourth-order valence-electron chi connectivity index (χ4n) is 3.96. The third kappa shape index (κ3) is 3.44. The molecule has 164 valence electrons. The largest absolute Gasteiger partial charge is 0.507 e. The highest BCUT2D eigenvalue weighted by atomic mass is 16.3. The predicted octanol–water partition coefficient (Wildman–Crippen LogP) is -0.107. The lowest BCUT2D eigenvalue weighted by Crippen LogP contribution is -2.23. The first-order valence-electron chi connectivity index (χ1n) is 10.0. The van der Waals surface area contributed by atoms with E-state index >= 15 is 0 Å². The Balaban J connectivity index is 2.09. The molecule has 0 amide bonds. The number of nitrogens with zero attached hydrogens (tertiary/aromatic N) is 2. The molecule has 1 aromatic heterocycles. The number of aliphatic hydroxyl groups excluding tert-OH is 1. The smallest absolute Gasteiger partial charge is 0.224 e. The van der Waals surface area contributed by atoms with Crippen molar-refractivity contribution in [2.45, 2.75) is 6.54 Å². The predicted molar refractivity (Wildman–Crippen MR) is 118 cm³/mol. The second-order valence-corrected chi connectivity index (χ2v) is 7.29. The molecule has 10 nitrogen and oxygen atoms in total. The molecule has 0 unspecified atom stereocenters. The van der Waals surface area contributed by atoms with Crippen LogP contribution in [0.1, 0.15) is 0 Å². The number of aromatic amines is 1. The maximum Gasteiger partial charge on any atom is 0.224 e. The summed E-state index contributed by atoms with van der Waals surface area (Å²) >= 11 is 0. The second kappa shape index (κ2) is 8.42. The Bertz CT molecular complexity index is 1370. The zero-order valence-corrected chi connectivity index (χ0v) is 17.1. The van der Waals surface area contributed by atoms with Crippen LogP contribution in [-0.2, 0) is 6.54 Å². The lowest BCUT2D eigenvalue weighted by Gasteiger charge is -2.10. The molecule has 4 aromatic rings. The van der Waals surface area contributed by atoms with Crippen LogP contribution in [0.2, 0.25) is 0 Å². The Labute approximate surface area is 176 Å². The Morgan fingerprint density at radius 1 is 1.03 bits per heavy atom. The van der Waals surface area contributed by atoms with E-state index in [9.17, 15) is 20.1 Å². The quantitative estimate of drug-likeness (QED) is 0.118. The second-order valence-electron chi connectivity index (χ2n) is 7.29. The minimum atomic E-state index is -0.778. The SMILES string of the molecule is CNCCN=c1ccc2c3c1c(O)c1c(O)c(=O)cc(O)c1c3[nH]n2CCNCCO. The Morgan fingerprint density at radius 2 is 1.84 bits per heavy atom. The van der Waals surface area contributed by atoms with Gasteiger partial charge in [0.1, 0.15) is 11.5 Å². The molecule has 0 fully saturated rings. The Kier molecular flexibility index (Phi) is 5.68. The number of nitrogens with one attached hydrogen (secondary N) is 3. The van der Waals surface area contributed by atoms with Gasteiger partial charge >= 0.3 is 0 Å². The van der Waals surface area contributed by atoms with E-state index in [1.807, 2.05) is 17.8 Å². The van der Waals surface area contributed by atoms with Gasteiger partial charge in [-0.2, -0.15) is 0 Å². The van der Waals surface area contributed by atoms with E-state index in [1.165, 1.54) is 0 Å². The number of benzene rings is 3. The van der Waals surface area contributed by atoms with Gasteiger partial charge in [-0.15, -0.1) is 0 Å². The van der Waals surface area contributed by atoms with Gasteiger partial charge in [-0.05, 0) is 19.2 Å². The molecule has 0 aliphatic rings. The standard InChI is InChI=1S/C21H25N5O5/c1-22-4-5-24-11-2-3-12-16-15(11)21(31)18-17(13(28)10-14(29)20(18)30)19(16)25-26(12)8-6-23-7-9-27/h2-3,10,22-23,25,27-28,30-31H,4-9H2,1H3.